The molecule has 2 rings (SSSR count). The molecule has 0 N–H and O–H groups in total. The van der Waals surface area contributed by atoms with Gasteiger partial charge in [-0.05, 0) is 35.9 Å². The predicted molar refractivity (Wildman–Crippen MR) is 78.5 cm³/mol. The van der Waals surface area contributed by atoms with Gasteiger partial charge in [-0.1, -0.05) is 39.7 Å². The van der Waals surface area contributed by atoms with Crippen molar-refractivity contribution in [2.24, 2.45) is 0 Å². The lowest BCUT2D eigenvalue weighted by Gasteiger charge is -2.09. The highest BCUT2D eigenvalue weighted by atomic mass is 79.9. The summed E-state index contributed by atoms with van der Waals surface area (Å²) in [5.74, 6) is -0.651. The Kier molecular flexibility index (Phi) is 4.61. The Morgan fingerprint density at radius 2 is 1.79 bits per heavy atom. The molecule has 1 nitrogen and oxygen atoms in total. The number of carbonyl (C=O) groups is 1. The lowest BCUT2D eigenvalue weighted by molar-refractivity contribution is 0.0987. The molecule has 19 heavy (non-hydrogen) atoms. The summed E-state index contributed by atoms with van der Waals surface area (Å²) in [6.07, 6.45) is 0. The fourth-order valence-corrected chi connectivity index (χ4v) is 2.76. The van der Waals surface area contributed by atoms with Crippen molar-refractivity contribution in [3.8, 4) is 0 Å². The molecule has 0 aliphatic rings. The molecular formula is C14H8BrCl2FO. The molecule has 0 amide bonds. The van der Waals surface area contributed by atoms with Gasteiger partial charge in [-0.15, -0.1) is 11.6 Å². The maximum absolute atomic E-state index is 12.8. The first kappa shape index (κ1) is 14.5. The summed E-state index contributed by atoms with van der Waals surface area (Å²) in [6, 6.07) is 10.4. The predicted octanol–water partition coefficient (Wildman–Crippen LogP) is 5.40. The molecule has 0 aliphatic carbocycles. The fraction of sp³-hybridized carbons (Fsp3) is 0.0714. The topological polar surface area (TPSA) is 17.1 Å². The minimum absolute atomic E-state index is 0.281. The average molecular weight is 362 g/mol. The Hall–Kier alpha value is -0.900. The van der Waals surface area contributed by atoms with Crippen molar-refractivity contribution < 1.29 is 9.18 Å². The Labute approximate surface area is 128 Å². The van der Waals surface area contributed by atoms with E-state index in [0.29, 0.717) is 20.6 Å². The molecule has 0 saturated heterocycles. The van der Waals surface area contributed by atoms with Gasteiger partial charge >= 0.3 is 0 Å². The number of hydrogen-bond acceptors (Lipinski definition) is 1. The van der Waals surface area contributed by atoms with Crippen LogP contribution in [0.2, 0.25) is 5.02 Å². The third-order valence-corrected chi connectivity index (χ3v) is 3.67. The number of rotatable bonds is 3. The van der Waals surface area contributed by atoms with Crippen LogP contribution < -0.4 is 0 Å². The zero-order valence-electron chi connectivity index (χ0n) is 9.54. The van der Waals surface area contributed by atoms with Crippen LogP contribution in [0.25, 0.3) is 0 Å². The van der Waals surface area contributed by atoms with E-state index >= 15 is 0 Å². The van der Waals surface area contributed by atoms with E-state index < -0.39 is 5.38 Å². The Bertz CT molecular complexity index is 593. The molecular weight excluding hydrogens is 354 g/mol. The van der Waals surface area contributed by atoms with Gasteiger partial charge in [-0.2, -0.15) is 0 Å². The SMILES string of the molecule is O=C(c1cc(Cl)cc(Br)c1)C(Cl)c1ccc(F)cc1. The van der Waals surface area contributed by atoms with Gasteiger partial charge in [0.15, 0.2) is 5.78 Å². The van der Waals surface area contributed by atoms with Crippen molar-refractivity contribution in [2.45, 2.75) is 5.38 Å². The summed E-state index contributed by atoms with van der Waals surface area (Å²) in [7, 11) is 0. The monoisotopic (exact) mass is 360 g/mol. The molecule has 0 saturated carbocycles. The number of ketones is 1. The van der Waals surface area contributed by atoms with Gasteiger partial charge < -0.3 is 0 Å². The number of benzene rings is 2. The third kappa shape index (κ3) is 3.56. The van der Waals surface area contributed by atoms with E-state index in [1.807, 2.05) is 0 Å². The minimum atomic E-state index is -0.869. The second-order valence-electron chi connectivity index (χ2n) is 3.94. The Balaban J connectivity index is 2.30. The first-order chi connectivity index (χ1) is 8.97. The van der Waals surface area contributed by atoms with Crippen LogP contribution in [0.4, 0.5) is 4.39 Å². The van der Waals surface area contributed by atoms with E-state index in [1.165, 1.54) is 24.3 Å². The standard InChI is InChI=1S/C14H8BrCl2FO/c15-10-5-9(6-11(16)7-10)14(19)13(17)8-1-3-12(18)4-2-8/h1-7,13H. The molecule has 0 radical (unpaired) electrons. The van der Waals surface area contributed by atoms with E-state index in [0.717, 1.165) is 0 Å². The lowest BCUT2D eigenvalue weighted by atomic mass is 10.0. The van der Waals surface area contributed by atoms with Gasteiger partial charge in [-0.25, -0.2) is 4.39 Å². The number of alkyl halides is 1. The molecule has 0 aromatic heterocycles. The first-order valence-corrected chi connectivity index (χ1v) is 6.98. The molecule has 0 fully saturated rings. The summed E-state index contributed by atoms with van der Waals surface area (Å²) in [4.78, 5) is 12.2. The van der Waals surface area contributed by atoms with E-state index in [4.69, 9.17) is 23.2 Å². The molecule has 0 aliphatic heterocycles. The van der Waals surface area contributed by atoms with Crippen molar-refractivity contribution in [2.75, 3.05) is 0 Å². The first-order valence-electron chi connectivity index (χ1n) is 5.37. The number of Topliss-reactive ketones (excluding diaryl/α,β-unsaturated/α-hetero) is 1. The zero-order valence-corrected chi connectivity index (χ0v) is 12.6. The molecule has 2 aromatic rings. The molecule has 5 heteroatoms. The Morgan fingerprint density at radius 3 is 2.37 bits per heavy atom. The molecule has 98 valence electrons. The van der Waals surface area contributed by atoms with Crippen LogP contribution in [0, 0.1) is 5.82 Å². The second kappa shape index (κ2) is 6.04. The third-order valence-electron chi connectivity index (χ3n) is 2.54. The zero-order chi connectivity index (χ0) is 14.0. The molecule has 0 spiro atoms. The lowest BCUT2D eigenvalue weighted by Crippen LogP contribution is -2.07. The van der Waals surface area contributed by atoms with E-state index in [-0.39, 0.29) is 11.6 Å². The molecule has 1 unspecified atom stereocenters. The van der Waals surface area contributed by atoms with Crippen LogP contribution in [0.5, 0.6) is 0 Å². The highest BCUT2D eigenvalue weighted by molar-refractivity contribution is 9.10. The maximum atomic E-state index is 12.8. The minimum Gasteiger partial charge on any atom is -0.292 e. The second-order valence-corrected chi connectivity index (χ2v) is 5.73. The summed E-state index contributed by atoms with van der Waals surface area (Å²) in [5.41, 5.74) is 0.952. The van der Waals surface area contributed by atoms with Gasteiger partial charge in [0.05, 0.1) is 0 Å². The number of hydrogen-bond donors (Lipinski definition) is 0. The summed E-state index contributed by atoms with van der Waals surface area (Å²) in [5, 5.41) is -0.424. The van der Waals surface area contributed by atoms with Crippen LogP contribution >= 0.6 is 39.1 Å². The van der Waals surface area contributed by atoms with Crippen LogP contribution in [0.15, 0.2) is 46.9 Å². The summed E-state index contributed by atoms with van der Waals surface area (Å²) >= 11 is 15.3. The van der Waals surface area contributed by atoms with Gasteiger partial charge in [0.2, 0.25) is 0 Å². The van der Waals surface area contributed by atoms with Crippen LogP contribution in [0.1, 0.15) is 21.3 Å². The molecule has 0 heterocycles. The quantitative estimate of drug-likeness (QED) is 0.528. The fourth-order valence-electron chi connectivity index (χ4n) is 1.63. The van der Waals surface area contributed by atoms with Gasteiger partial charge in [0.1, 0.15) is 11.2 Å². The van der Waals surface area contributed by atoms with Crippen LogP contribution in [0.3, 0.4) is 0 Å². The van der Waals surface area contributed by atoms with Crippen LogP contribution in [-0.2, 0) is 0 Å². The van der Waals surface area contributed by atoms with Gasteiger partial charge in [0.25, 0.3) is 0 Å². The average Bonchev–Trinajstić information content (AvgIpc) is 2.37. The molecule has 2 aromatic carbocycles. The van der Waals surface area contributed by atoms with Crippen molar-refractivity contribution in [1.29, 1.82) is 0 Å². The molecule has 1 atom stereocenters. The Morgan fingerprint density at radius 1 is 1.16 bits per heavy atom. The van der Waals surface area contributed by atoms with Gasteiger partial charge in [-0.3, -0.25) is 4.79 Å². The summed E-state index contributed by atoms with van der Waals surface area (Å²) in [6.45, 7) is 0. The normalized spacial score (nSPS) is 12.2. The maximum Gasteiger partial charge on any atom is 0.185 e. The smallest absolute Gasteiger partial charge is 0.185 e. The molecule has 0 bridgehead atoms. The van der Waals surface area contributed by atoms with Crippen molar-refractivity contribution in [3.63, 3.8) is 0 Å². The van der Waals surface area contributed by atoms with Crippen molar-refractivity contribution in [1.82, 2.24) is 0 Å². The van der Waals surface area contributed by atoms with Crippen molar-refractivity contribution in [3.05, 3.63) is 68.9 Å². The van der Waals surface area contributed by atoms with E-state index in [9.17, 15) is 9.18 Å². The largest absolute Gasteiger partial charge is 0.292 e. The highest BCUT2D eigenvalue weighted by Crippen LogP contribution is 2.28. The summed E-state index contributed by atoms with van der Waals surface area (Å²) < 4.78 is 13.5. The van der Waals surface area contributed by atoms with Gasteiger partial charge in [0, 0.05) is 15.1 Å². The number of carbonyl (C=O) groups excluding carboxylic acids is 1. The number of halogens is 4. The van der Waals surface area contributed by atoms with Crippen LogP contribution in [-0.4, -0.2) is 5.78 Å². The van der Waals surface area contributed by atoms with E-state index in [2.05, 4.69) is 15.9 Å². The van der Waals surface area contributed by atoms with E-state index in [1.54, 1.807) is 18.2 Å². The van der Waals surface area contributed by atoms with Crippen molar-refractivity contribution >= 4 is 44.9 Å². The highest BCUT2D eigenvalue weighted by Gasteiger charge is 2.20.